The van der Waals surface area contributed by atoms with Crippen molar-refractivity contribution in [2.24, 2.45) is 0 Å². The molecule has 0 saturated heterocycles. The Morgan fingerprint density at radius 2 is 1.91 bits per heavy atom. The highest BCUT2D eigenvalue weighted by atomic mass is 32.1. The molecular formula is C22H17F3N4O2S. The summed E-state index contributed by atoms with van der Waals surface area (Å²) in [4.78, 5) is 17.3. The molecule has 0 fully saturated rings. The summed E-state index contributed by atoms with van der Waals surface area (Å²) in [7, 11) is 0. The Kier molecular flexibility index (Phi) is 5.95. The Hall–Kier alpha value is -3.66. The minimum Gasteiger partial charge on any atom is -0.463 e. The van der Waals surface area contributed by atoms with Gasteiger partial charge in [-0.2, -0.15) is 18.2 Å². The second kappa shape index (κ2) is 8.83. The van der Waals surface area contributed by atoms with Crippen molar-refractivity contribution in [1.29, 1.82) is 0 Å². The van der Waals surface area contributed by atoms with Crippen LogP contribution in [0.4, 0.5) is 18.9 Å². The molecule has 0 aliphatic carbocycles. The van der Waals surface area contributed by atoms with Crippen molar-refractivity contribution in [3.63, 3.8) is 0 Å². The standard InChI is InChI=1S/C22H17F3N4O2S/c1-2-31-21-27-19(14-8-10-15(11-9-14)22(23,24)25)29(28-21)17-6-3-5-16(13-17)26-20(30)18-7-4-12-32-18/h3-13H,2H2,1H3,(H,26,30). The maximum atomic E-state index is 12.9. The summed E-state index contributed by atoms with van der Waals surface area (Å²) in [6.07, 6.45) is -4.43. The second-order valence-electron chi connectivity index (χ2n) is 6.62. The van der Waals surface area contributed by atoms with E-state index in [-0.39, 0.29) is 11.9 Å². The van der Waals surface area contributed by atoms with Gasteiger partial charge in [0.15, 0.2) is 5.82 Å². The number of halogens is 3. The smallest absolute Gasteiger partial charge is 0.416 e. The summed E-state index contributed by atoms with van der Waals surface area (Å²) < 4.78 is 45.7. The lowest BCUT2D eigenvalue weighted by atomic mass is 10.1. The Morgan fingerprint density at radius 3 is 2.56 bits per heavy atom. The van der Waals surface area contributed by atoms with E-state index in [9.17, 15) is 18.0 Å². The highest BCUT2D eigenvalue weighted by Gasteiger charge is 2.30. The average molecular weight is 458 g/mol. The fourth-order valence-electron chi connectivity index (χ4n) is 2.97. The molecule has 4 rings (SSSR count). The molecule has 164 valence electrons. The third-order valence-corrected chi connectivity index (χ3v) is 5.29. The first-order chi connectivity index (χ1) is 15.3. The van der Waals surface area contributed by atoms with Gasteiger partial charge >= 0.3 is 12.2 Å². The van der Waals surface area contributed by atoms with Crippen molar-refractivity contribution in [1.82, 2.24) is 14.8 Å². The monoisotopic (exact) mass is 458 g/mol. The number of rotatable bonds is 6. The lowest BCUT2D eigenvalue weighted by Crippen LogP contribution is -2.10. The Balaban J connectivity index is 1.69. The van der Waals surface area contributed by atoms with Crippen molar-refractivity contribution >= 4 is 22.9 Å². The zero-order valence-electron chi connectivity index (χ0n) is 16.8. The molecule has 0 saturated carbocycles. The average Bonchev–Trinajstić information content (AvgIpc) is 3.44. The number of hydrogen-bond donors (Lipinski definition) is 1. The number of hydrogen-bond acceptors (Lipinski definition) is 5. The topological polar surface area (TPSA) is 69.0 Å². The third-order valence-electron chi connectivity index (χ3n) is 4.43. The van der Waals surface area contributed by atoms with Gasteiger partial charge in [0, 0.05) is 11.3 Å². The largest absolute Gasteiger partial charge is 0.463 e. The van der Waals surface area contributed by atoms with Crippen LogP contribution in [0.1, 0.15) is 22.2 Å². The highest BCUT2D eigenvalue weighted by molar-refractivity contribution is 7.12. The number of amides is 1. The number of aromatic nitrogens is 3. The normalized spacial score (nSPS) is 11.4. The van der Waals surface area contributed by atoms with Gasteiger partial charge in [-0.3, -0.25) is 4.79 Å². The van der Waals surface area contributed by atoms with Crippen LogP contribution < -0.4 is 10.1 Å². The highest BCUT2D eigenvalue weighted by Crippen LogP contribution is 2.32. The number of alkyl halides is 3. The molecule has 2 aromatic carbocycles. The number of carbonyl (C=O) groups excluding carboxylic acids is 1. The van der Waals surface area contributed by atoms with Crippen molar-refractivity contribution in [3.8, 4) is 23.1 Å². The van der Waals surface area contributed by atoms with E-state index >= 15 is 0 Å². The van der Waals surface area contributed by atoms with Crippen LogP contribution in [0.25, 0.3) is 17.1 Å². The van der Waals surface area contributed by atoms with Crippen LogP contribution in [-0.4, -0.2) is 27.3 Å². The molecule has 0 aliphatic heterocycles. The van der Waals surface area contributed by atoms with Gasteiger partial charge in [0.1, 0.15) is 0 Å². The van der Waals surface area contributed by atoms with Gasteiger partial charge in [-0.05, 0) is 48.7 Å². The fourth-order valence-corrected chi connectivity index (χ4v) is 3.59. The number of benzene rings is 2. The van der Waals surface area contributed by atoms with Crippen LogP contribution >= 0.6 is 11.3 Å². The third kappa shape index (κ3) is 4.65. The van der Waals surface area contributed by atoms with E-state index in [4.69, 9.17) is 4.74 Å². The SMILES string of the molecule is CCOc1nc(-c2ccc(C(F)(F)F)cc2)n(-c2cccc(NC(=O)c3cccs3)c2)n1. The van der Waals surface area contributed by atoms with Crippen LogP contribution in [0.5, 0.6) is 6.01 Å². The van der Waals surface area contributed by atoms with E-state index in [1.807, 2.05) is 5.38 Å². The van der Waals surface area contributed by atoms with Crippen molar-refractivity contribution in [2.45, 2.75) is 13.1 Å². The first-order valence-corrected chi connectivity index (χ1v) is 10.5. The number of anilines is 1. The van der Waals surface area contributed by atoms with Gasteiger partial charge in [-0.1, -0.05) is 24.3 Å². The Bertz CT molecular complexity index is 1220. The molecule has 0 radical (unpaired) electrons. The predicted molar refractivity (Wildman–Crippen MR) is 115 cm³/mol. The van der Waals surface area contributed by atoms with Crippen LogP contribution in [0.3, 0.4) is 0 Å². The van der Waals surface area contributed by atoms with Gasteiger partial charge in [0.2, 0.25) is 0 Å². The molecule has 0 unspecified atom stereocenters. The van der Waals surface area contributed by atoms with Crippen LogP contribution in [0.15, 0.2) is 66.0 Å². The number of ether oxygens (including phenoxy) is 1. The van der Waals surface area contributed by atoms with Gasteiger partial charge in [-0.25, -0.2) is 4.68 Å². The summed E-state index contributed by atoms with van der Waals surface area (Å²) in [5, 5.41) is 8.97. The van der Waals surface area contributed by atoms with Crippen LogP contribution in [-0.2, 0) is 6.18 Å². The molecule has 1 amide bonds. The molecule has 0 aliphatic rings. The molecule has 0 atom stereocenters. The Morgan fingerprint density at radius 1 is 1.12 bits per heavy atom. The maximum Gasteiger partial charge on any atom is 0.416 e. The van der Waals surface area contributed by atoms with Gasteiger partial charge < -0.3 is 10.1 Å². The van der Waals surface area contributed by atoms with Crippen molar-refractivity contribution in [3.05, 3.63) is 76.5 Å². The summed E-state index contributed by atoms with van der Waals surface area (Å²) >= 11 is 1.33. The van der Waals surface area contributed by atoms with E-state index in [1.165, 1.54) is 28.2 Å². The zero-order chi connectivity index (χ0) is 22.7. The minimum absolute atomic E-state index is 0.0930. The Labute approximate surface area is 185 Å². The van der Waals surface area contributed by atoms with E-state index in [2.05, 4.69) is 15.4 Å². The first kappa shape index (κ1) is 21.6. The molecule has 0 bridgehead atoms. The van der Waals surface area contributed by atoms with E-state index in [0.29, 0.717) is 34.2 Å². The summed E-state index contributed by atoms with van der Waals surface area (Å²) in [5.41, 5.74) is 0.773. The fraction of sp³-hybridized carbons (Fsp3) is 0.136. The molecule has 4 aromatic rings. The lowest BCUT2D eigenvalue weighted by Gasteiger charge is -2.10. The summed E-state index contributed by atoms with van der Waals surface area (Å²) in [6, 6.07) is 15.2. The molecule has 2 aromatic heterocycles. The molecule has 10 heteroatoms. The zero-order valence-corrected chi connectivity index (χ0v) is 17.6. The molecule has 2 heterocycles. The van der Waals surface area contributed by atoms with Gasteiger partial charge in [0.05, 0.1) is 22.7 Å². The number of carbonyl (C=O) groups is 1. The number of nitrogens with one attached hydrogen (secondary N) is 1. The maximum absolute atomic E-state index is 12.9. The van der Waals surface area contributed by atoms with E-state index in [0.717, 1.165) is 12.1 Å². The van der Waals surface area contributed by atoms with Gasteiger partial charge in [-0.15, -0.1) is 16.4 Å². The number of thiophene rings is 1. The molecule has 0 spiro atoms. The molecular weight excluding hydrogens is 441 g/mol. The molecule has 32 heavy (non-hydrogen) atoms. The summed E-state index contributed by atoms with van der Waals surface area (Å²) in [6.45, 7) is 2.10. The van der Waals surface area contributed by atoms with Crippen molar-refractivity contribution < 1.29 is 22.7 Å². The van der Waals surface area contributed by atoms with Crippen LogP contribution in [0.2, 0.25) is 0 Å². The number of nitrogens with zero attached hydrogens (tertiary/aromatic N) is 3. The quantitative estimate of drug-likeness (QED) is 0.405. The second-order valence-corrected chi connectivity index (χ2v) is 7.57. The van der Waals surface area contributed by atoms with Gasteiger partial charge in [0.25, 0.3) is 5.91 Å². The minimum atomic E-state index is -4.43. The molecule has 6 nitrogen and oxygen atoms in total. The first-order valence-electron chi connectivity index (χ1n) is 9.58. The van der Waals surface area contributed by atoms with E-state index < -0.39 is 11.7 Å². The summed E-state index contributed by atoms with van der Waals surface area (Å²) in [5.74, 6) is 0.0672. The van der Waals surface area contributed by atoms with Crippen molar-refractivity contribution in [2.75, 3.05) is 11.9 Å². The van der Waals surface area contributed by atoms with E-state index in [1.54, 1.807) is 43.3 Å². The lowest BCUT2D eigenvalue weighted by molar-refractivity contribution is -0.137. The van der Waals surface area contributed by atoms with Crippen LogP contribution in [0, 0.1) is 0 Å². The molecule has 1 N–H and O–H groups in total. The predicted octanol–water partition coefficient (Wildman–Crippen LogP) is 5.67.